The van der Waals surface area contributed by atoms with E-state index in [2.05, 4.69) is 10.3 Å². The average Bonchev–Trinajstić information content (AvgIpc) is 2.94. The Balaban J connectivity index is 2.09. The van der Waals surface area contributed by atoms with E-state index < -0.39 is 18.1 Å². The Kier molecular flexibility index (Phi) is 5.54. The van der Waals surface area contributed by atoms with Crippen molar-refractivity contribution in [2.24, 2.45) is 0 Å². The number of nitrogens with zero attached hydrogens (tertiary/aromatic N) is 1. The number of amides is 1. The third-order valence-corrected chi connectivity index (χ3v) is 4.10. The van der Waals surface area contributed by atoms with E-state index in [4.69, 9.17) is 4.74 Å². The van der Waals surface area contributed by atoms with Crippen LogP contribution in [-0.4, -0.2) is 16.7 Å². The Morgan fingerprint density at radius 1 is 1.25 bits per heavy atom. The number of ether oxygens (including phenoxy) is 1. The summed E-state index contributed by atoms with van der Waals surface area (Å²) in [4.78, 5) is 16.0. The van der Waals surface area contributed by atoms with Gasteiger partial charge in [-0.05, 0) is 38.8 Å². The highest BCUT2D eigenvalue weighted by Crippen LogP contribution is 2.34. The van der Waals surface area contributed by atoms with E-state index in [1.807, 2.05) is 6.92 Å². The number of carbonyl (C=O) groups excluding carboxylic acids is 1. The molecule has 1 heterocycles. The molecule has 2 rings (SSSR count). The SMILES string of the molecule is C[C@H](NC(=O)OC(C)(C)C)c1ccc(-c2scnc2C(F)F)cc1. The maximum absolute atomic E-state index is 12.9. The zero-order valence-electron chi connectivity index (χ0n) is 14.0. The molecule has 0 aliphatic carbocycles. The molecule has 1 aromatic carbocycles. The fraction of sp³-hybridized carbons (Fsp3) is 0.412. The number of thiazole rings is 1. The fourth-order valence-electron chi connectivity index (χ4n) is 2.12. The smallest absolute Gasteiger partial charge is 0.408 e. The zero-order valence-corrected chi connectivity index (χ0v) is 14.8. The summed E-state index contributed by atoms with van der Waals surface area (Å²) in [5.74, 6) is 0. The van der Waals surface area contributed by atoms with Crippen LogP contribution in [0.5, 0.6) is 0 Å². The van der Waals surface area contributed by atoms with Crippen LogP contribution in [0.1, 0.15) is 51.4 Å². The average molecular weight is 354 g/mol. The molecular formula is C17H20F2N2O2S. The molecule has 0 radical (unpaired) electrons. The van der Waals surface area contributed by atoms with Crippen molar-refractivity contribution in [2.45, 2.75) is 45.8 Å². The largest absolute Gasteiger partial charge is 0.444 e. The minimum Gasteiger partial charge on any atom is -0.444 e. The van der Waals surface area contributed by atoms with Gasteiger partial charge in [-0.25, -0.2) is 18.6 Å². The quantitative estimate of drug-likeness (QED) is 0.807. The summed E-state index contributed by atoms with van der Waals surface area (Å²) >= 11 is 1.18. The van der Waals surface area contributed by atoms with E-state index in [0.29, 0.717) is 10.4 Å². The van der Waals surface area contributed by atoms with Crippen molar-refractivity contribution in [3.8, 4) is 10.4 Å². The number of nitrogens with one attached hydrogen (secondary N) is 1. The summed E-state index contributed by atoms with van der Waals surface area (Å²) in [6.45, 7) is 7.21. The Hall–Kier alpha value is -2.02. The van der Waals surface area contributed by atoms with Crippen LogP contribution in [-0.2, 0) is 4.74 Å². The van der Waals surface area contributed by atoms with Gasteiger partial charge in [-0.3, -0.25) is 0 Å². The normalized spacial score (nSPS) is 13.0. The van der Waals surface area contributed by atoms with Crippen LogP contribution in [0.4, 0.5) is 13.6 Å². The van der Waals surface area contributed by atoms with Gasteiger partial charge in [-0.1, -0.05) is 24.3 Å². The summed E-state index contributed by atoms with van der Waals surface area (Å²) in [6, 6.07) is 6.84. The maximum Gasteiger partial charge on any atom is 0.408 e. The second-order valence-corrected chi connectivity index (χ2v) is 7.21. The number of aromatic nitrogens is 1. The van der Waals surface area contributed by atoms with Crippen LogP contribution in [0.15, 0.2) is 29.8 Å². The van der Waals surface area contributed by atoms with Crippen molar-refractivity contribution in [2.75, 3.05) is 0 Å². The number of hydrogen-bond donors (Lipinski definition) is 1. The summed E-state index contributed by atoms with van der Waals surface area (Å²) < 4.78 is 31.0. The third kappa shape index (κ3) is 4.74. The molecule has 7 heteroatoms. The second-order valence-electron chi connectivity index (χ2n) is 6.36. The highest BCUT2D eigenvalue weighted by Gasteiger charge is 2.20. The van der Waals surface area contributed by atoms with E-state index in [1.165, 1.54) is 16.8 Å². The third-order valence-electron chi connectivity index (χ3n) is 3.21. The molecule has 0 fully saturated rings. The second kappa shape index (κ2) is 7.25. The predicted octanol–water partition coefficient (Wildman–Crippen LogP) is 5.33. The monoisotopic (exact) mass is 354 g/mol. The molecule has 0 aliphatic rings. The van der Waals surface area contributed by atoms with Crippen LogP contribution in [0.25, 0.3) is 10.4 Å². The minimum absolute atomic E-state index is 0.201. The molecular weight excluding hydrogens is 334 g/mol. The highest BCUT2D eigenvalue weighted by molar-refractivity contribution is 7.13. The van der Waals surface area contributed by atoms with Crippen LogP contribution in [0.3, 0.4) is 0 Å². The molecule has 1 atom stereocenters. The number of carbonyl (C=O) groups is 1. The topological polar surface area (TPSA) is 51.2 Å². The van der Waals surface area contributed by atoms with Crippen LogP contribution >= 0.6 is 11.3 Å². The molecule has 1 amide bonds. The van der Waals surface area contributed by atoms with Crippen molar-refractivity contribution < 1.29 is 18.3 Å². The van der Waals surface area contributed by atoms with Gasteiger partial charge in [0, 0.05) is 0 Å². The number of alkyl halides is 2. The maximum atomic E-state index is 12.9. The Morgan fingerprint density at radius 2 is 1.88 bits per heavy atom. The lowest BCUT2D eigenvalue weighted by Crippen LogP contribution is -2.34. The van der Waals surface area contributed by atoms with E-state index >= 15 is 0 Å². The first-order valence-corrected chi connectivity index (χ1v) is 8.36. The molecule has 24 heavy (non-hydrogen) atoms. The van der Waals surface area contributed by atoms with Gasteiger partial charge < -0.3 is 10.1 Å². The Labute approximate surface area is 143 Å². The van der Waals surface area contributed by atoms with E-state index in [9.17, 15) is 13.6 Å². The minimum atomic E-state index is -2.60. The lowest BCUT2D eigenvalue weighted by atomic mass is 10.0. The molecule has 0 saturated carbocycles. The van der Waals surface area contributed by atoms with Gasteiger partial charge in [-0.15, -0.1) is 11.3 Å². The van der Waals surface area contributed by atoms with Crippen molar-refractivity contribution >= 4 is 17.4 Å². The van der Waals surface area contributed by atoms with Gasteiger partial charge in [0.15, 0.2) is 0 Å². The standard InChI is InChI=1S/C17H20F2N2O2S/c1-10(21-16(22)23-17(2,3)4)11-5-7-12(8-6-11)14-13(15(18)19)20-9-24-14/h5-10,15H,1-4H3,(H,21,22)/t10-/m0/s1. The number of rotatable bonds is 4. The molecule has 0 saturated heterocycles. The summed E-state index contributed by atoms with van der Waals surface area (Å²) in [5.41, 5.74) is 2.18. The van der Waals surface area contributed by atoms with Gasteiger partial charge in [-0.2, -0.15) is 0 Å². The number of hydrogen-bond acceptors (Lipinski definition) is 4. The number of alkyl carbamates (subject to hydrolysis) is 1. The Morgan fingerprint density at radius 3 is 2.42 bits per heavy atom. The van der Waals surface area contributed by atoms with Crippen molar-refractivity contribution in [3.63, 3.8) is 0 Å². The predicted molar refractivity (Wildman–Crippen MR) is 90.3 cm³/mol. The molecule has 0 spiro atoms. The first kappa shape index (κ1) is 18.3. The molecule has 130 valence electrons. The van der Waals surface area contributed by atoms with Crippen molar-refractivity contribution in [3.05, 3.63) is 41.0 Å². The molecule has 1 aromatic heterocycles. The molecule has 2 aromatic rings. The summed E-state index contributed by atoms with van der Waals surface area (Å²) in [7, 11) is 0. The first-order chi connectivity index (χ1) is 11.2. The van der Waals surface area contributed by atoms with Crippen LogP contribution in [0, 0.1) is 0 Å². The Bertz CT molecular complexity index is 693. The van der Waals surface area contributed by atoms with Gasteiger partial charge >= 0.3 is 6.09 Å². The molecule has 0 aliphatic heterocycles. The zero-order chi connectivity index (χ0) is 17.9. The summed E-state index contributed by atoms with van der Waals surface area (Å²) in [5, 5.41) is 2.75. The van der Waals surface area contributed by atoms with Gasteiger partial charge in [0.1, 0.15) is 11.3 Å². The van der Waals surface area contributed by atoms with E-state index in [1.54, 1.807) is 45.0 Å². The number of halogens is 2. The summed E-state index contributed by atoms with van der Waals surface area (Å²) in [6.07, 6.45) is -3.10. The van der Waals surface area contributed by atoms with Crippen LogP contribution < -0.4 is 5.32 Å². The van der Waals surface area contributed by atoms with Gasteiger partial charge in [0.05, 0.1) is 16.4 Å². The van der Waals surface area contributed by atoms with Crippen molar-refractivity contribution in [1.29, 1.82) is 0 Å². The van der Waals surface area contributed by atoms with Crippen LogP contribution in [0.2, 0.25) is 0 Å². The van der Waals surface area contributed by atoms with E-state index in [0.717, 1.165) is 5.56 Å². The van der Waals surface area contributed by atoms with Gasteiger partial charge in [0.2, 0.25) is 0 Å². The number of benzene rings is 1. The molecule has 4 nitrogen and oxygen atoms in total. The molecule has 1 N–H and O–H groups in total. The fourth-order valence-corrected chi connectivity index (χ4v) is 2.92. The molecule has 0 unspecified atom stereocenters. The lowest BCUT2D eigenvalue weighted by Gasteiger charge is -2.22. The first-order valence-electron chi connectivity index (χ1n) is 7.49. The van der Waals surface area contributed by atoms with Crippen molar-refractivity contribution in [1.82, 2.24) is 10.3 Å². The highest BCUT2D eigenvalue weighted by atomic mass is 32.1. The molecule has 0 bridgehead atoms. The van der Waals surface area contributed by atoms with E-state index in [-0.39, 0.29) is 11.7 Å². The lowest BCUT2D eigenvalue weighted by molar-refractivity contribution is 0.0508. The van der Waals surface area contributed by atoms with Gasteiger partial charge in [0.25, 0.3) is 6.43 Å².